The highest BCUT2D eigenvalue weighted by atomic mass is 35.5. The predicted octanol–water partition coefficient (Wildman–Crippen LogP) is 3.62. The van der Waals surface area contributed by atoms with Crippen LogP contribution in [0.4, 0.5) is 15.2 Å². The van der Waals surface area contributed by atoms with Crippen LogP contribution in [0, 0.1) is 16.8 Å². The van der Waals surface area contributed by atoms with Gasteiger partial charge in [-0.3, -0.25) is 5.41 Å². The van der Waals surface area contributed by atoms with Crippen molar-refractivity contribution in [3.63, 3.8) is 0 Å². The molecule has 1 aromatic heterocycles. The van der Waals surface area contributed by atoms with Crippen LogP contribution in [-0.2, 0) is 0 Å². The van der Waals surface area contributed by atoms with Crippen LogP contribution in [-0.4, -0.2) is 37.0 Å². The first-order valence-corrected chi connectivity index (χ1v) is 8.15. The molecule has 2 N–H and O–H groups in total. The van der Waals surface area contributed by atoms with Crippen molar-refractivity contribution < 1.29 is 4.39 Å². The number of piperazine rings is 1. The third-order valence-corrected chi connectivity index (χ3v) is 4.94. The highest BCUT2D eigenvalue weighted by Crippen LogP contribution is 2.28. The van der Waals surface area contributed by atoms with Gasteiger partial charge in [-0.05, 0) is 18.2 Å². The molecule has 1 aromatic carbocycles. The van der Waals surface area contributed by atoms with Crippen molar-refractivity contribution in [1.29, 1.82) is 10.9 Å². The van der Waals surface area contributed by atoms with E-state index in [2.05, 4.69) is 15.0 Å². The zero-order valence-electron chi connectivity index (χ0n) is 12.1. The molecule has 1 fully saturated rings. The molecule has 120 valence electrons. The second-order valence-corrected chi connectivity index (χ2v) is 6.48. The molecule has 1 saturated heterocycles. The monoisotopic (exact) mass is 352 g/mol. The summed E-state index contributed by atoms with van der Waals surface area (Å²) in [5.74, 6) is -0.363. The zero-order valence-corrected chi connectivity index (χ0v) is 13.7. The van der Waals surface area contributed by atoms with Crippen LogP contribution in [0.3, 0.4) is 0 Å². The van der Waals surface area contributed by atoms with E-state index >= 15 is 0 Å². The minimum atomic E-state index is -0.273. The second-order valence-electron chi connectivity index (χ2n) is 5.04. The van der Waals surface area contributed by atoms with Crippen molar-refractivity contribution in [3.8, 4) is 0 Å². The SMILES string of the molecule is N=NC(=N)c1cnc(N2CCN(c3cc(Cl)ccc3F)CC2)s1. The molecule has 0 saturated carbocycles. The van der Waals surface area contributed by atoms with Crippen LogP contribution in [0.15, 0.2) is 29.5 Å². The summed E-state index contributed by atoms with van der Waals surface area (Å²) in [4.78, 5) is 8.91. The molecule has 9 heteroatoms. The Bertz CT molecular complexity index is 741. The number of benzene rings is 1. The Hall–Kier alpha value is -2.06. The summed E-state index contributed by atoms with van der Waals surface area (Å²) in [6, 6.07) is 4.57. The molecule has 2 heterocycles. The number of amidine groups is 1. The van der Waals surface area contributed by atoms with Crippen molar-refractivity contribution in [2.75, 3.05) is 36.0 Å². The maximum absolute atomic E-state index is 13.9. The first kappa shape index (κ1) is 15.8. The van der Waals surface area contributed by atoms with E-state index in [1.165, 1.54) is 17.4 Å². The van der Waals surface area contributed by atoms with Crippen molar-refractivity contribution in [1.82, 2.24) is 4.98 Å². The molecule has 0 atom stereocenters. The number of hydrogen-bond acceptors (Lipinski definition) is 6. The minimum absolute atomic E-state index is 0.0895. The summed E-state index contributed by atoms with van der Waals surface area (Å²) < 4.78 is 13.9. The van der Waals surface area contributed by atoms with Crippen LogP contribution in [0.2, 0.25) is 5.02 Å². The number of aromatic nitrogens is 1. The highest BCUT2D eigenvalue weighted by Gasteiger charge is 2.22. The van der Waals surface area contributed by atoms with E-state index in [1.54, 1.807) is 18.3 Å². The fraction of sp³-hybridized carbons (Fsp3) is 0.286. The second kappa shape index (κ2) is 6.59. The molecule has 0 radical (unpaired) electrons. The van der Waals surface area contributed by atoms with Gasteiger partial charge in [-0.2, -0.15) is 0 Å². The van der Waals surface area contributed by atoms with Crippen molar-refractivity contribution >= 4 is 39.6 Å². The molecule has 0 amide bonds. The fourth-order valence-corrected chi connectivity index (χ4v) is 3.47. The maximum atomic E-state index is 13.9. The highest BCUT2D eigenvalue weighted by molar-refractivity contribution is 7.17. The number of rotatable bonds is 3. The van der Waals surface area contributed by atoms with Gasteiger partial charge < -0.3 is 9.80 Å². The van der Waals surface area contributed by atoms with E-state index in [0.29, 0.717) is 41.8 Å². The first-order valence-electron chi connectivity index (χ1n) is 6.95. The van der Waals surface area contributed by atoms with E-state index in [9.17, 15) is 4.39 Å². The van der Waals surface area contributed by atoms with Crippen LogP contribution in [0.25, 0.3) is 0 Å². The lowest BCUT2D eigenvalue weighted by molar-refractivity contribution is 0.597. The molecule has 23 heavy (non-hydrogen) atoms. The van der Waals surface area contributed by atoms with Crippen molar-refractivity contribution in [3.05, 3.63) is 40.1 Å². The lowest BCUT2D eigenvalue weighted by atomic mass is 10.2. The third kappa shape index (κ3) is 3.32. The van der Waals surface area contributed by atoms with Crippen molar-refractivity contribution in [2.45, 2.75) is 0 Å². The van der Waals surface area contributed by atoms with Crippen LogP contribution >= 0.6 is 22.9 Å². The standard InChI is InChI=1S/C14H14ClFN6S/c15-9-1-2-10(16)11(7-9)21-3-5-22(6-4-21)14-19-8-12(23-14)13(17)20-18/h1-2,7-8,17-18H,3-6H2. The van der Waals surface area contributed by atoms with E-state index in [1.807, 2.05) is 4.90 Å². The average Bonchev–Trinajstić information content (AvgIpc) is 3.06. The van der Waals surface area contributed by atoms with Crippen molar-refractivity contribution in [2.24, 2.45) is 5.11 Å². The quantitative estimate of drug-likeness (QED) is 0.503. The number of anilines is 2. The van der Waals surface area contributed by atoms with Gasteiger partial charge in [0.15, 0.2) is 11.0 Å². The Morgan fingerprint density at radius 1 is 1.26 bits per heavy atom. The summed E-state index contributed by atoms with van der Waals surface area (Å²) in [5.41, 5.74) is 7.39. The lowest BCUT2D eigenvalue weighted by Crippen LogP contribution is -2.46. The molecule has 0 aliphatic carbocycles. The average molecular weight is 353 g/mol. The number of hydrogen-bond donors (Lipinski definition) is 2. The van der Waals surface area contributed by atoms with Gasteiger partial charge in [-0.25, -0.2) is 14.9 Å². The smallest absolute Gasteiger partial charge is 0.186 e. The van der Waals surface area contributed by atoms with E-state index < -0.39 is 0 Å². The molecule has 6 nitrogen and oxygen atoms in total. The minimum Gasteiger partial charge on any atom is -0.366 e. The summed E-state index contributed by atoms with van der Waals surface area (Å²) >= 11 is 7.29. The zero-order chi connectivity index (χ0) is 16.4. The molecule has 1 aliphatic rings. The number of halogens is 2. The number of thiazole rings is 1. The van der Waals surface area contributed by atoms with Gasteiger partial charge in [0.1, 0.15) is 5.82 Å². The summed E-state index contributed by atoms with van der Waals surface area (Å²) in [5, 5.41) is 11.9. The number of nitrogens with zero attached hydrogens (tertiary/aromatic N) is 4. The third-order valence-electron chi connectivity index (χ3n) is 3.64. The summed E-state index contributed by atoms with van der Waals surface area (Å²) in [6.07, 6.45) is 1.56. The van der Waals surface area contributed by atoms with Crippen LogP contribution in [0.1, 0.15) is 4.88 Å². The van der Waals surface area contributed by atoms with E-state index in [4.69, 9.17) is 22.5 Å². The number of nitrogens with one attached hydrogen (secondary N) is 2. The Labute approximate surface area is 141 Å². The summed E-state index contributed by atoms with van der Waals surface area (Å²) in [6.45, 7) is 2.72. The molecule has 1 aliphatic heterocycles. The lowest BCUT2D eigenvalue weighted by Gasteiger charge is -2.36. The maximum Gasteiger partial charge on any atom is 0.186 e. The van der Waals surface area contributed by atoms with Gasteiger partial charge in [0, 0.05) is 31.2 Å². The normalized spacial score (nSPS) is 14.9. The Balaban J connectivity index is 1.68. The topological polar surface area (TPSA) is 79.4 Å². The Morgan fingerprint density at radius 3 is 2.65 bits per heavy atom. The molecule has 0 bridgehead atoms. The van der Waals surface area contributed by atoms with Gasteiger partial charge in [0.05, 0.1) is 16.8 Å². The molecular formula is C14H14ClFN6S. The predicted molar refractivity (Wildman–Crippen MR) is 89.9 cm³/mol. The van der Waals surface area contributed by atoms with Gasteiger partial charge in [0.2, 0.25) is 0 Å². The van der Waals surface area contributed by atoms with Gasteiger partial charge in [-0.15, -0.1) is 5.11 Å². The molecule has 0 unspecified atom stereocenters. The largest absolute Gasteiger partial charge is 0.366 e. The Morgan fingerprint density at radius 2 is 1.96 bits per heavy atom. The molecule has 2 aromatic rings. The first-order chi connectivity index (χ1) is 11.1. The van der Waals surface area contributed by atoms with E-state index in [0.717, 1.165) is 5.13 Å². The summed E-state index contributed by atoms with van der Waals surface area (Å²) in [7, 11) is 0. The fourth-order valence-electron chi connectivity index (χ4n) is 2.44. The van der Waals surface area contributed by atoms with Gasteiger partial charge in [0.25, 0.3) is 0 Å². The Kier molecular flexibility index (Phi) is 4.53. The van der Waals surface area contributed by atoms with Crippen LogP contribution < -0.4 is 9.80 Å². The molecular weight excluding hydrogens is 339 g/mol. The van der Waals surface area contributed by atoms with Gasteiger partial charge >= 0.3 is 0 Å². The van der Waals surface area contributed by atoms with Crippen LogP contribution in [0.5, 0.6) is 0 Å². The molecule has 3 rings (SSSR count). The van der Waals surface area contributed by atoms with Gasteiger partial charge in [-0.1, -0.05) is 22.9 Å². The molecule has 0 spiro atoms. The van der Waals surface area contributed by atoms with E-state index in [-0.39, 0.29) is 11.7 Å².